The molecule has 2 rings (SSSR count). The second kappa shape index (κ2) is 5.14. The molecule has 19 heavy (non-hydrogen) atoms. The highest BCUT2D eigenvalue weighted by Crippen LogP contribution is 2.22. The number of aromatic nitrogens is 2. The van der Waals surface area contributed by atoms with Crippen LogP contribution in [0.4, 0.5) is 5.69 Å². The Morgan fingerprint density at radius 2 is 2.16 bits per heavy atom. The summed E-state index contributed by atoms with van der Waals surface area (Å²) >= 11 is 0. The summed E-state index contributed by atoms with van der Waals surface area (Å²) < 4.78 is 1.62. The van der Waals surface area contributed by atoms with E-state index in [1.807, 2.05) is 38.1 Å². The Bertz CT molecular complexity index is 604. The number of carboxylic acid groups (broad SMARTS) is 1. The largest absolute Gasteiger partial charge is 0.479 e. The molecule has 2 aromatic rings. The number of nitrogens with one attached hydrogen (secondary N) is 1. The molecule has 5 heteroatoms. The van der Waals surface area contributed by atoms with Gasteiger partial charge in [-0.15, -0.1) is 0 Å². The molecule has 1 unspecified atom stereocenters. The van der Waals surface area contributed by atoms with E-state index in [-0.39, 0.29) is 0 Å². The summed E-state index contributed by atoms with van der Waals surface area (Å²) in [6.07, 6.45) is 1.73. The average molecular weight is 259 g/mol. The minimum absolute atomic E-state index is 0.677. The van der Waals surface area contributed by atoms with E-state index >= 15 is 0 Å². The maximum absolute atomic E-state index is 11.5. The van der Waals surface area contributed by atoms with Gasteiger partial charge in [-0.25, -0.2) is 4.79 Å². The van der Waals surface area contributed by atoms with Crippen LogP contribution in [0.1, 0.15) is 22.9 Å². The maximum atomic E-state index is 11.5. The summed E-state index contributed by atoms with van der Waals surface area (Å²) in [5.41, 5.74) is 3.26. The van der Waals surface area contributed by atoms with Crippen LogP contribution in [-0.2, 0) is 11.8 Å². The monoisotopic (exact) mass is 259 g/mol. The van der Waals surface area contributed by atoms with Crippen molar-refractivity contribution in [3.8, 4) is 0 Å². The molecule has 0 radical (unpaired) electrons. The first-order chi connectivity index (χ1) is 8.97. The predicted octanol–water partition coefficient (Wildman–Crippen LogP) is 2.27. The number of benzene rings is 1. The summed E-state index contributed by atoms with van der Waals surface area (Å²) in [5, 5.41) is 16.6. The lowest BCUT2D eigenvalue weighted by molar-refractivity contribution is -0.138. The quantitative estimate of drug-likeness (QED) is 0.884. The molecule has 0 fully saturated rings. The lowest BCUT2D eigenvalue weighted by atomic mass is 10.1. The highest BCUT2D eigenvalue weighted by atomic mass is 16.4. The summed E-state index contributed by atoms with van der Waals surface area (Å²) in [7, 11) is 1.78. The average Bonchev–Trinajstić information content (AvgIpc) is 2.65. The molecular formula is C14H17N3O2. The summed E-state index contributed by atoms with van der Waals surface area (Å²) in [4.78, 5) is 11.5. The van der Waals surface area contributed by atoms with Crippen LogP contribution < -0.4 is 5.32 Å². The van der Waals surface area contributed by atoms with Gasteiger partial charge in [-0.3, -0.25) is 4.68 Å². The Hall–Kier alpha value is -2.30. The van der Waals surface area contributed by atoms with Crippen LogP contribution in [0.5, 0.6) is 0 Å². The second-order valence-electron chi connectivity index (χ2n) is 4.63. The SMILES string of the molecule is Cc1cccc(NC(C(=O)O)c2cn(C)nc2C)c1. The van der Waals surface area contributed by atoms with Crippen LogP contribution in [-0.4, -0.2) is 20.9 Å². The van der Waals surface area contributed by atoms with Crippen LogP contribution in [0.15, 0.2) is 30.5 Å². The number of hydrogen-bond acceptors (Lipinski definition) is 3. The zero-order chi connectivity index (χ0) is 14.0. The third-order valence-corrected chi connectivity index (χ3v) is 2.94. The van der Waals surface area contributed by atoms with Crippen molar-refractivity contribution < 1.29 is 9.90 Å². The van der Waals surface area contributed by atoms with Crippen molar-refractivity contribution in [1.82, 2.24) is 9.78 Å². The zero-order valence-corrected chi connectivity index (χ0v) is 11.2. The Morgan fingerprint density at radius 3 is 2.68 bits per heavy atom. The zero-order valence-electron chi connectivity index (χ0n) is 11.2. The molecule has 0 aliphatic rings. The van der Waals surface area contributed by atoms with Crippen LogP contribution in [0.2, 0.25) is 0 Å². The van der Waals surface area contributed by atoms with Gasteiger partial charge in [-0.1, -0.05) is 12.1 Å². The van der Waals surface area contributed by atoms with Gasteiger partial charge in [0.25, 0.3) is 0 Å². The van der Waals surface area contributed by atoms with E-state index in [0.717, 1.165) is 16.9 Å². The van der Waals surface area contributed by atoms with Gasteiger partial charge in [0.05, 0.1) is 5.69 Å². The van der Waals surface area contributed by atoms with Crippen molar-refractivity contribution in [3.05, 3.63) is 47.3 Å². The van der Waals surface area contributed by atoms with E-state index < -0.39 is 12.0 Å². The summed E-state index contributed by atoms with van der Waals surface area (Å²) in [6.45, 7) is 3.78. The molecule has 0 saturated carbocycles. The minimum Gasteiger partial charge on any atom is -0.479 e. The smallest absolute Gasteiger partial charge is 0.330 e. The Balaban J connectivity index is 2.32. The first kappa shape index (κ1) is 13.1. The number of anilines is 1. The number of carboxylic acids is 1. The molecule has 0 amide bonds. The molecule has 1 atom stereocenters. The number of aliphatic carboxylic acids is 1. The fourth-order valence-electron chi connectivity index (χ4n) is 2.08. The van der Waals surface area contributed by atoms with E-state index in [4.69, 9.17) is 0 Å². The number of hydrogen-bond donors (Lipinski definition) is 2. The van der Waals surface area contributed by atoms with E-state index in [1.165, 1.54) is 0 Å². The van der Waals surface area contributed by atoms with Crippen LogP contribution >= 0.6 is 0 Å². The number of nitrogens with zero attached hydrogens (tertiary/aromatic N) is 2. The molecule has 0 aliphatic carbocycles. The summed E-state index contributed by atoms with van der Waals surface area (Å²) in [6, 6.07) is 6.84. The molecule has 0 saturated heterocycles. The molecule has 0 spiro atoms. The molecule has 2 N–H and O–H groups in total. The van der Waals surface area contributed by atoms with Gasteiger partial charge >= 0.3 is 5.97 Å². The molecule has 1 aromatic heterocycles. The first-order valence-corrected chi connectivity index (χ1v) is 6.03. The fraction of sp³-hybridized carbons (Fsp3) is 0.286. The Kier molecular flexibility index (Phi) is 3.55. The van der Waals surface area contributed by atoms with Gasteiger partial charge in [-0.2, -0.15) is 5.10 Å². The van der Waals surface area contributed by atoms with Gasteiger partial charge in [-0.05, 0) is 31.5 Å². The molecule has 0 aliphatic heterocycles. The minimum atomic E-state index is -0.919. The lowest BCUT2D eigenvalue weighted by Gasteiger charge is -2.15. The van der Waals surface area contributed by atoms with E-state index in [1.54, 1.807) is 17.9 Å². The third-order valence-electron chi connectivity index (χ3n) is 2.94. The maximum Gasteiger partial charge on any atom is 0.330 e. The topological polar surface area (TPSA) is 67.2 Å². The molecule has 0 bridgehead atoms. The second-order valence-corrected chi connectivity index (χ2v) is 4.63. The first-order valence-electron chi connectivity index (χ1n) is 6.03. The van der Waals surface area contributed by atoms with E-state index in [2.05, 4.69) is 10.4 Å². The lowest BCUT2D eigenvalue weighted by Crippen LogP contribution is -2.20. The van der Waals surface area contributed by atoms with Crippen molar-refractivity contribution in [2.24, 2.45) is 7.05 Å². The molecule has 1 heterocycles. The van der Waals surface area contributed by atoms with Gasteiger partial charge < -0.3 is 10.4 Å². The van der Waals surface area contributed by atoms with Crippen LogP contribution in [0, 0.1) is 13.8 Å². The Morgan fingerprint density at radius 1 is 1.42 bits per heavy atom. The van der Waals surface area contributed by atoms with E-state index in [0.29, 0.717) is 5.56 Å². The standard InChI is InChI=1S/C14H17N3O2/c1-9-5-4-6-11(7-9)15-13(14(18)19)12-8-17(3)16-10(12)2/h4-8,13,15H,1-3H3,(H,18,19). The van der Waals surface area contributed by atoms with Crippen molar-refractivity contribution in [3.63, 3.8) is 0 Å². The van der Waals surface area contributed by atoms with Crippen LogP contribution in [0.3, 0.4) is 0 Å². The summed E-state index contributed by atoms with van der Waals surface area (Å²) in [5.74, 6) is -0.919. The van der Waals surface area contributed by atoms with Gasteiger partial charge in [0.2, 0.25) is 0 Å². The van der Waals surface area contributed by atoms with Crippen molar-refractivity contribution in [2.75, 3.05) is 5.32 Å². The predicted molar refractivity (Wildman–Crippen MR) is 73.1 cm³/mol. The van der Waals surface area contributed by atoms with Crippen molar-refractivity contribution in [2.45, 2.75) is 19.9 Å². The van der Waals surface area contributed by atoms with Gasteiger partial charge in [0.1, 0.15) is 0 Å². The van der Waals surface area contributed by atoms with E-state index in [9.17, 15) is 9.90 Å². The van der Waals surface area contributed by atoms with Crippen LogP contribution in [0.25, 0.3) is 0 Å². The fourth-order valence-corrected chi connectivity index (χ4v) is 2.08. The Labute approximate surface area is 111 Å². The molecule has 100 valence electrons. The number of aryl methyl sites for hydroxylation is 3. The van der Waals surface area contributed by atoms with Crippen molar-refractivity contribution >= 4 is 11.7 Å². The number of rotatable bonds is 4. The van der Waals surface area contributed by atoms with Crippen molar-refractivity contribution in [1.29, 1.82) is 0 Å². The molecule has 1 aromatic carbocycles. The number of carbonyl (C=O) groups is 1. The normalized spacial score (nSPS) is 12.2. The van der Waals surface area contributed by atoms with Gasteiger partial charge in [0, 0.05) is 24.5 Å². The highest BCUT2D eigenvalue weighted by Gasteiger charge is 2.23. The highest BCUT2D eigenvalue weighted by molar-refractivity contribution is 5.79. The van der Waals surface area contributed by atoms with Gasteiger partial charge in [0.15, 0.2) is 6.04 Å². The third kappa shape index (κ3) is 2.93. The molecule has 5 nitrogen and oxygen atoms in total. The molecular weight excluding hydrogens is 242 g/mol.